The Hall–Kier alpha value is -0.330. The maximum Gasteiger partial charge on any atom is 0.242 e. The predicted molar refractivity (Wildman–Crippen MR) is 81.9 cm³/mol. The van der Waals surface area contributed by atoms with E-state index in [-0.39, 0.29) is 20.4 Å². The lowest BCUT2D eigenvalue weighted by atomic mass is 9.81. The number of nitrogens with one attached hydrogen (secondary N) is 2. The van der Waals surface area contributed by atoms with Crippen molar-refractivity contribution < 1.29 is 8.42 Å². The van der Waals surface area contributed by atoms with Gasteiger partial charge in [0, 0.05) is 6.54 Å². The van der Waals surface area contributed by atoms with Crippen molar-refractivity contribution in [2.45, 2.75) is 24.7 Å². The Morgan fingerprint density at radius 3 is 2.60 bits per heavy atom. The van der Waals surface area contributed by atoms with Crippen molar-refractivity contribution >= 4 is 33.2 Å². The molecule has 0 atom stereocenters. The lowest BCUT2D eigenvalue weighted by molar-refractivity contribution is 0.232. The summed E-state index contributed by atoms with van der Waals surface area (Å²) >= 11 is 11.8. The van der Waals surface area contributed by atoms with Crippen LogP contribution in [0.25, 0.3) is 0 Å². The van der Waals surface area contributed by atoms with Crippen LogP contribution in [0.4, 0.5) is 0 Å². The van der Waals surface area contributed by atoms with Crippen molar-refractivity contribution in [3.05, 3.63) is 28.2 Å². The zero-order valence-corrected chi connectivity index (χ0v) is 13.6. The fourth-order valence-electron chi connectivity index (χ4n) is 2.25. The van der Waals surface area contributed by atoms with Crippen LogP contribution in [-0.2, 0) is 10.0 Å². The summed E-state index contributed by atoms with van der Waals surface area (Å²) in [6.45, 7) is 4.32. The number of hydrogen-bond acceptors (Lipinski definition) is 3. The zero-order chi connectivity index (χ0) is 14.8. The summed E-state index contributed by atoms with van der Waals surface area (Å²) in [6, 6.07) is 4.60. The van der Waals surface area contributed by atoms with Crippen LogP contribution >= 0.6 is 23.2 Å². The number of hydrogen-bond donors (Lipinski definition) is 2. The minimum absolute atomic E-state index is 0.0244. The van der Waals surface area contributed by atoms with E-state index in [1.165, 1.54) is 6.07 Å². The molecule has 0 aromatic heterocycles. The molecule has 7 heteroatoms. The first kappa shape index (κ1) is 16.0. The highest BCUT2D eigenvalue weighted by molar-refractivity contribution is 7.89. The van der Waals surface area contributed by atoms with Crippen molar-refractivity contribution in [3.63, 3.8) is 0 Å². The average Bonchev–Trinajstić information content (AvgIpc) is 2.41. The quantitative estimate of drug-likeness (QED) is 0.888. The smallest absolute Gasteiger partial charge is 0.242 e. The van der Waals surface area contributed by atoms with E-state index in [1.807, 2.05) is 0 Å². The second-order valence-corrected chi connectivity index (χ2v) is 7.96. The predicted octanol–water partition coefficient (Wildman–Crippen LogP) is 2.66. The van der Waals surface area contributed by atoms with Crippen molar-refractivity contribution in [2.75, 3.05) is 19.6 Å². The zero-order valence-electron chi connectivity index (χ0n) is 11.2. The lowest BCUT2D eigenvalue weighted by Crippen LogP contribution is -2.42. The minimum atomic E-state index is -3.64. The van der Waals surface area contributed by atoms with Crippen LogP contribution in [0.5, 0.6) is 0 Å². The van der Waals surface area contributed by atoms with Crippen LogP contribution in [0, 0.1) is 5.41 Å². The van der Waals surface area contributed by atoms with Gasteiger partial charge < -0.3 is 5.32 Å². The molecule has 0 radical (unpaired) electrons. The van der Waals surface area contributed by atoms with Gasteiger partial charge in [-0.1, -0.05) is 36.2 Å². The van der Waals surface area contributed by atoms with Gasteiger partial charge in [-0.3, -0.25) is 0 Å². The van der Waals surface area contributed by atoms with Crippen molar-refractivity contribution in [1.29, 1.82) is 0 Å². The molecule has 0 bridgehead atoms. The number of piperidine rings is 1. The molecule has 0 saturated carbocycles. The standard InChI is InChI=1S/C13H18Cl2N2O2S/c1-13(5-7-16-8-6-13)9-17-20(18,19)11-4-2-3-10(14)12(11)15/h2-4,16-17H,5-9H2,1H3. The van der Waals surface area contributed by atoms with E-state index in [2.05, 4.69) is 17.0 Å². The average molecular weight is 337 g/mol. The highest BCUT2D eigenvalue weighted by atomic mass is 35.5. The molecule has 1 saturated heterocycles. The van der Waals surface area contributed by atoms with Crippen LogP contribution < -0.4 is 10.0 Å². The van der Waals surface area contributed by atoms with Crippen LogP contribution in [0.1, 0.15) is 19.8 Å². The van der Waals surface area contributed by atoms with Crippen LogP contribution in [0.2, 0.25) is 10.0 Å². The van der Waals surface area contributed by atoms with Gasteiger partial charge in [0.15, 0.2) is 0 Å². The third-order valence-corrected chi connectivity index (χ3v) is 6.08. The molecule has 1 aliphatic rings. The molecule has 0 amide bonds. The summed E-state index contributed by atoms with van der Waals surface area (Å²) in [6.07, 6.45) is 1.89. The largest absolute Gasteiger partial charge is 0.317 e. The molecule has 4 nitrogen and oxygen atoms in total. The Kier molecular flexibility index (Phi) is 4.97. The van der Waals surface area contributed by atoms with Gasteiger partial charge >= 0.3 is 0 Å². The second-order valence-electron chi connectivity index (χ2n) is 5.44. The van der Waals surface area contributed by atoms with E-state index in [4.69, 9.17) is 23.2 Å². The monoisotopic (exact) mass is 336 g/mol. The summed E-state index contributed by atoms with van der Waals surface area (Å²) in [5, 5.41) is 3.57. The topological polar surface area (TPSA) is 58.2 Å². The van der Waals surface area contributed by atoms with E-state index < -0.39 is 10.0 Å². The number of benzene rings is 1. The van der Waals surface area contributed by atoms with Gasteiger partial charge in [0.1, 0.15) is 4.90 Å². The first-order chi connectivity index (χ1) is 9.34. The molecule has 0 aliphatic carbocycles. The number of rotatable bonds is 4. The highest BCUT2D eigenvalue weighted by Crippen LogP contribution is 2.30. The van der Waals surface area contributed by atoms with Crippen molar-refractivity contribution in [2.24, 2.45) is 5.41 Å². The summed E-state index contributed by atoms with van der Waals surface area (Å²) in [5.74, 6) is 0. The lowest BCUT2D eigenvalue weighted by Gasteiger charge is -2.34. The molecular formula is C13H18Cl2N2O2S. The van der Waals surface area contributed by atoms with Crippen molar-refractivity contribution in [1.82, 2.24) is 10.0 Å². The Morgan fingerprint density at radius 2 is 1.95 bits per heavy atom. The molecule has 2 N–H and O–H groups in total. The van der Waals surface area contributed by atoms with Gasteiger partial charge in [-0.15, -0.1) is 0 Å². The fraction of sp³-hybridized carbons (Fsp3) is 0.538. The SMILES string of the molecule is CC1(CNS(=O)(=O)c2cccc(Cl)c2Cl)CCNCC1. The maximum atomic E-state index is 12.3. The third-order valence-electron chi connectivity index (χ3n) is 3.71. The van der Waals surface area contributed by atoms with E-state index in [0.29, 0.717) is 6.54 Å². The Morgan fingerprint density at radius 1 is 1.30 bits per heavy atom. The summed E-state index contributed by atoms with van der Waals surface area (Å²) < 4.78 is 27.3. The second kappa shape index (κ2) is 6.20. The fourth-order valence-corrected chi connectivity index (χ4v) is 4.20. The van der Waals surface area contributed by atoms with E-state index in [0.717, 1.165) is 25.9 Å². The molecule has 1 fully saturated rings. The molecule has 1 aromatic rings. The van der Waals surface area contributed by atoms with Gasteiger partial charge in [0.05, 0.1) is 10.0 Å². The molecular weight excluding hydrogens is 319 g/mol. The van der Waals surface area contributed by atoms with Gasteiger partial charge in [0.25, 0.3) is 0 Å². The van der Waals surface area contributed by atoms with Crippen LogP contribution in [-0.4, -0.2) is 28.1 Å². The van der Waals surface area contributed by atoms with E-state index >= 15 is 0 Å². The first-order valence-electron chi connectivity index (χ1n) is 6.48. The van der Waals surface area contributed by atoms with Crippen LogP contribution in [0.15, 0.2) is 23.1 Å². The summed E-state index contributed by atoms with van der Waals surface area (Å²) in [4.78, 5) is 0.0317. The molecule has 112 valence electrons. The van der Waals surface area contributed by atoms with Gasteiger partial charge in [-0.2, -0.15) is 0 Å². The summed E-state index contributed by atoms with van der Waals surface area (Å²) in [7, 11) is -3.64. The Labute approximate surface area is 129 Å². The van der Waals surface area contributed by atoms with Gasteiger partial charge in [-0.05, 0) is 43.5 Å². The van der Waals surface area contributed by atoms with Crippen molar-refractivity contribution in [3.8, 4) is 0 Å². The molecule has 1 aliphatic heterocycles. The molecule has 20 heavy (non-hydrogen) atoms. The molecule has 1 heterocycles. The molecule has 0 spiro atoms. The molecule has 1 aromatic carbocycles. The Bertz CT molecular complexity index is 584. The minimum Gasteiger partial charge on any atom is -0.317 e. The highest BCUT2D eigenvalue weighted by Gasteiger charge is 2.29. The normalized spacial score (nSPS) is 18.9. The van der Waals surface area contributed by atoms with E-state index in [1.54, 1.807) is 12.1 Å². The summed E-state index contributed by atoms with van der Waals surface area (Å²) in [5.41, 5.74) is -0.0244. The third kappa shape index (κ3) is 3.65. The number of halogens is 2. The number of sulfonamides is 1. The first-order valence-corrected chi connectivity index (χ1v) is 8.72. The van der Waals surface area contributed by atoms with Crippen LogP contribution in [0.3, 0.4) is 0 Å². The molecule has 0 unspecified atom stereocenters. The van der Waals surface area contributed by atoms with Gasteiger partial charge in [-0.25, -0.2) is 13.1 Å². The molecule has 2 rings (SSSR count). The Balaban J connectivity index is 2.13. The maximum absolute atomic E-state index is 12.3. The van der Waals surface area contributed by atoms with E-state index in [9.17, 15) is 8.42 Å². The van der Waals surface area contributed by atoms with Gasteiger partial charge in [0.2, 0.25) is 10.0 Å².